The van der Waals surface area contributed by atoms with Gasteiger partial charge in [-0.3, -0.25) is 0 Å². The molecule has 60 valence electrons. The normalized spacial score (nSPS) is 10.5. The van der Waals surface area contributed by atoms with Crippen molar-refractivity contribution in [1.29, 1.82) is 0 Å². The molecule has 0 aliphatic heterocycles. The molecule has 0 radical (unpaired) electrons. The fourth-order valence-electron chi connectivity index (χ4n) is 0.647. The molecule has 6 heteroatoms. The Hall–Kier alpha value is 0.207. The van der Waals surface area contributed by atoms with Crippen LogP contribution in [-0.2, 0) is 10.1 Å². The molecule has 3 nitrogen and oxygen atoms in total. The molecule has 0 amide bonds. The molecule has 0 atom stereocenters. The molecule has 0 heterocycles. The zero-order valence-electron chi connectivity index (χ0n) is 6.32. The van der Waals surface area contributed by atoms with Gasteiger partial charge in [0.15, 0.2) is 0 Å². The van der Waals surface area contributed by atoms with Crippen molar-refractivity contribution in [2.45, 2.75) is 4.90 Å². The summed E-state index contributed by atoms with van der Waals surface area (Å²) in [5.41, 5.74) is 0. The van der Waals surface area contributed by atoms with Crippen LogP contribution < -0.4 is 18.9 Å². The Labute approximate surface area is 91.2 Å². The van der Waals surface area contributed by atoms with E-state index in [9.17, 15) is 13.0 Å². The molecule has 1 aromatic rings. The van der Waals surface area contributed by atoms with E-state index in [1.165, 1.54) is 18.2 Å². The summed E-state index contributed by atoms with van der Waals surface area (Å²) in [4.78, 5) is -0.222. The van der Waals surface area contributed by atoms with Gasteiger partial charge < -0.3 is 4.55 Å². The van der Waals surface area contributed by atoms with Gasteiger partial charge >= 0.3 is 18.9 Å². The number of halogens is 1. The van der Waals surface area contributed by atoms with Gasteiger partial charge in [0, 0.05) is 4.47 Å². The van der Waals surface area contributed by atoms with Gasteiger partial charge in [-0.2, -0.15) is 0 Å². The van der Waals surface area contributed by atoms with E-state index in [4.69, 9.17) is 0 Å². The summed E-state index contributed by atoms with van der Waals surface area (Å²) in [6.45, 7) is 0. The summed E-state index contributed by atoms with van der Waals surface area (Å²) in [5, 5.41) is 0. The third-order valence-electron chi connectivity index (χ3n) is 1.11. The molecule has 0 aliphatic carbocycles. The van der Waals surface area contributed by atoms with Crippen LogP contribution in [0.3, 0.4) is 0 Å². The predicted octanol–water partition coefficient (Wildman–Crippen LogP) is -1.64. The van der Waals surface area contributed by atoms with Crippen LogP contribution in [0.5, 0.6) is 0 Å². The molecule has 1 rings (SSSR count). The SMILES string of the molecule is O=S(=O)([O-])c1ccccc1Br.[Li+]. The van der Waals surface area contributed by atoms with Crippen molar-refractivity contribution in [2.75, 3.05) is 0 Å². The van der Waals surface area contributed by atoms with E-state index in [1.807, 2.05) is 0 Å². The summed E-state index contributed by atoms with van der Waals surface area (Å²) in [7, 11) is -4.33. The Morgan fingerprint density at radius 1 is 1.25 bits per heavy atom. The van der Waals surface area contributed by atoms with E-state index in [1.54, 1.807) is 6.07 Å². The number of rotatable bonds is 1. The van der Waals surface area contributed by atoms with Crippen molar-refractivity contribution in [1.82, 2.24) is 0 Å². The second-order valence-corrected chi connectivity index (χ2v) is 4.09. The van der Waals surface area contributed by atoms with Crippen molar-refractivity contribution in [3.05, 3.63) is 28.7 Å². The molecule has 0 spiro atoms. The first-order chi connectivity index (χ1) is 5.02. The van der Waals surface area contributed by atoms with E-state index in [0.29, 0.717) is 4.47 Å². The molecule has 0 N–H and O–H groups in total. The second kappa shape index (κ2) is 4.45. The minimum absolute atomic E-state index is 0. The number of benzene rings is 1. The minimum atomic E-state index is -4.33. The Bertz CT molecular complexity index is 363. The van der Waals surface area contributed by atoms with Gasteiger partial charge in [-0.05, 0) is 28.1 Å². The van der Waals surface area contributed by atoms with Gasteiger partial charge in [0.05, 0.1) is 4.90 Å². The maximum absolute atomic E-state index is 10.5. The smallest absolute Gasteiger partial charge is 0.744 e. The van der Waals surface area contributed by atoms with Crippen LogP contribution >= 0.6 is 15.9 Å². The van der Waals surface area contributed by atoms with Gasteiger partial charge in [-0.15, -0.1) is 0 Å². The monoisotopic (exact) mass is 242 g/mol. The van der Waals surface area contributed by atoms with Crippen molar-refractivity contribution in [3.8, 4) is 0 Å². The first-order valence-electron chi connectivity index (χ1n) is 2.72. The quantitative estimate of drug-likeness (QED) is 0.439. The van der Waals surface area contributed by atoms with Crippen LogP contribution in [0.25, 0.3) is 0 Å². The van der Waals surface area contributed by atoms with E-state index >= 15 is 0 Å². The summed E-state index contributed by atoms with van der Waals surface area (Å²) in [6, 6.07) is 5.89. The molecule has 0 unspecified atom stereocenters. The fourth-order valence-corrected chi connectivity index (χ4v) is 2.08. The Kier molecular flexibility index (Phi) is 4.52. The molecular weight excluding hydrogens is 239 g/mol. The Morgan fingerprint density at radius 3 is 2.08 bits per heavy atom. The van der Waals surface area contributed by atoms with Gasteiger partial charge in [-0.1, -0.05) is 12.1 Å². The number of hydrogen-bond donors (Lipinski definition) is 0. The summed E-state index contributed by atoms with van der Waals surface area (Å²) >= 11 is 2.95. The zero-order chi connectivity index (χ0) is 8.48. The van der Waals surface area contributed by atoms with Crippen molar-refractivity contribution < 1.29 is 31.8 Å². The van der Waals surface area contributed by atoms with Crippen molar-refractivity contribution in [2.24, 2.45) is 0 Å². The molecule has 12 heavy (non-hydrogen) atoms. The Balaban J connectivity index is 0.00000121. The molecule has 0 aliphatic rings. The molecule has 1 aromatic carbocycles. The van der Waals surface area contributed by atoms with E-state index in [-0.39, 0.29) is 23.8 Å². The molecular formula is C6H4BrLiO3S. The van der Waals surface area contributed by atoms with Gasteiger partial charge in [0.25, 0.3) is 0 Å². The second-order valence-electron chi connectivity index (χ2n) is 1.88. The van der Waals surface area contributed by atoms with Gasteiger partial charge in [0.1, 0.15) is 10.1 Å². The predicted molar refractivity (Wildman–Crippen MR) is 42.1 cm³/mol. The van der Waals surface area contributed by atoms with E-state index in [2.05, 4.69) is 15.9 Å². The Morgan fingerprint density at radius 2 is 1.75 bits per heavy atom. The largest absolute Gasteiger partial charge is 1.00 e. The molecule has 0 aromatic heterocycles. The number of hydrogen-bond acceptors (Lipinski definition) is 3. The molecule has 0 saturated heterocycles. The summed E-state index contributed by atoms with van der Waals surface area (Å²) in [6.07, 6.45) is 0. The van der Waals surface area contributed by atoms with Crippen LogP contribution in [-0.4, -0.2) is 13.0 Å². The van der Waals surface area contributed by atoms with Crippen LogP contribution in [0.1, 0.15) is 0 Å². The minimum Gasteiger partial charge on any atom is -0.744 e. The van der Waals surface area contributed by atoms with Gasteiger partial charge in [-0.25, -0.2) is 8.42 Å². The van der Waals surface area contributed by atoms with Crippen molar-refractivity contribution >= 4 is 26.0 Å². The average Bonchev–Trinajstić information content (AvgIpc) is 1.86. The van der Waals surface area contributed by atoms with Gasteiger partial charge in [0.2, 0.25) is 0 Å². The zero-order valence-corrected chi connectivity index (χ0v) is 8.72. The van der Waals surface area contributed by atoms with E-state index in [0.717, 1.165) is 0 Å². The fraction of sp³-hybridized carbons (Fsp3) is 0. The van der Waals surface area contributed by atoms with E-state index < -0.39 is 10.1 Å². The van der Waals surface area contributed by atoms with Crippen molar-refractivity contribution in [3.63, 3.8) is 0 Å². The maximum atomic E-state index is 10.5. The first-order valence-corrected chi connectivity index (χ1v) is 4.92. The van der Waals surface area contributed by atoms with Crippen LogP contribution in [0.4, 0.5) is 0 Å². The third-order valence-corrected chi connectivity index (χ3v) is 2.95. The van der Waals surface area contributed by atoms with Crippen LogP contribution in [0, 0.1) is 0 Å². The summed E-state index contributed by atoms with van der Waals surface area (Å²) < 4.78 is 31.7. The third kappa shape index (κ3) is 2.92. The average molecular weight is 243 g/mol. The molecule has 0 fully saturated rings. The molecule has 0 bridgehead atoms. The first kappa shape index (κ1) is 12.2. The maximum Gasteiger partial charge on any atom is 1.00 e. The summed E-state index contributed by atoms with van der Waals surface area (Å²) in [5.74, 6) is 0. The van der Waals surface area contributed by atoms with Crippen LogP contribution in [0.15, 0.2) is 33.6 Å². The standard InChI is InChI=1S/C6H5BrO3S.Li/c7-5-3-1-2-4-6(5)11(8,9)10;/h1-4H,(H,8,9,10);/q;+1/p-1. The van der Waals surface area contributed by atoms with Crippen LogP contribution in [0.2, 0.25) is 0 Å². The topological polar surface area (TPSA) is 57.2 Å². The molecule has 0 saturated carbocycles.